The average molecular weight is 312 g/mol. The smallest absolute Gasteiger partial charge is 0.136 e. The van der Waals surface area contributed by atoms with Gasteiger partial charge in [-0.1, -0.05) is 18.2 Å². The van der Waals surface area contributed by atoms with Gasteiger partial charge in [-0.05, 0) is 66.2 Å². The molecule has 0 fully saturated rings. The molecule has 0 aliphatic rings. The summed E-state index contributed by atoms with van der Waals surface area (Å²) in [4.78, 5) is 0. The second-order valence-corrected chi connectivity index (χ2v) is 5.11. The summed E-state index contributed by atoms with van der Waals surface area (Å²) in [6.07, 6.45) is 7.37. The van der Waals surface area contributed by atoms with Crippen molar-refractivity contribution in [3.63, 3.8) is 0 Å². The zero-order chi connectivity index (χ0) is 13.2. The van der Waals surface area contributed by atoms with E-state index in [1.54, 1.807) is 0 Å². The van der Waals surface area contributed by atoms with Crippen LogP contribution in [0.15, 0.2) is 35.3 Å². The number of unbranched alkanes of at least 4 members (excludes halogenated alkanes) is 3. The lowest BCUT2D eigenvalue weighted by atomic mass is 10.1. The Hall–Kier alpha value is -0.800. The summed E-state index contributed by atoms with van der Waals surface area (Å²) in [5.41, 5.74) is 6.79. The summed E-state index contributed by atoms with van der Waals surface area (Å²) in [5, 5.41) is 0. The van der Waals surface area contributed by atoms with Crippen molar-refractivity contribution in [3.05, 3.63) is 40.9 Å². The van der Waals surface area contributed by atoms with Crippen molar-refractivity contribution in [2.75, 3.05) is 13.2 Å². The predicted octanol–water partition coefficient (Wildman–Crippen LogP) is 4.08. The maximum atomic E-state index is 5.87. The van der Waals surface area contributed by atoms with Crippen LogP contribution in [0.2, 0.25) is 0 Å². The number of halogens is 1. The topological polar surface area (TPSA) is 35.2 Å². The van der Waals surface area contributed by atoms with Crippen LogP contribution in [0, 0.1) is 0 Å². The maximum Gasteiger partial charge on any atom is 0.136 e. The minimum absolute atomic E-state index is 0.645. The quantitative estimate of drug-likeness (QED) is 0.551. The largest absolute Gasteiger partial charge is 0.492 e. The molecule has 0 saturated carbocycles. The van der Waals surface area contributed by atoms with Crippen LogP contribution in [-0.2, 0) is 6.42 Å². The Balaban J connectivity index is 2.42. The van der Waals surface area contributed by atoms with E-state index in [0.717, 1.165) is 36.1 Å². The molecule has 0 atom stereocenters. The first-order valence-electron chi connectivity index (χ1n) is 6.50. The Morgan fingerprint density at radius 1 is 1.28 bits per heavy atom. The molecule has 100 valence electrons. The molecule has 0 bridgehead atoms. The van der Waals surface area contributed by atoms with E-state index < -0.39 is 0 Å². The Kier molecular flexibility index (Phi) is 7.78. The van der Waals surface area contributed by atoms with Gasteiger partial charge in [-0.3, -0.25) is 0 Å². The lowest BCUT2D eigenvalue weighted by Crippen LogP contribution is -2.06. The third-order valence-electron chi connectivity index (χ3n) is 2.76. The Bertz CT molecular complexity index is 366. The molecular weight excluding hydrogens is 290 g/mol. The van der Waals surface area contributed by atoms with Gasteiger partial charge < -0.3 is 10.5 Å². The molecule has 0 saturated heterocycles. The van der Waals surface area contributed by atoms with E-state index in [4.69, 9.17) is 10.5 Å². The van der Waals surface area contributed by atoms with E-state index in [1.165, 1.54) is 18.4 Å². The highest BCUT2D eigenvalue weighted by Gasteiger charge is 2.07. The van der Waals surface area contributed by atoms with Crippen LogP contribution in [0.4, 0.5) is 0 Å². The first kappa shape index (κ1) is 15.3. The van der Waals surface area contributed by atoms with Gasteiger partial charge in [-0.15, -0.1) is 6.58 Å². The molecule has 1 aromatic rings. The number of rotatable bonds is 9. The number of ether oxygens (including phenoxy) is 1. The normalized spacial score (nSPS) is 10.3. The van der Waals surface area contributed by atoms with Crippen molar-refractivity contribution >= 4 is 15.9 Å². The third kappa shape index (κ3) is 5.23. The average Bonchev–Trinajstić information content (AvgIpc) is 2.36. The second-order valence-electron chi connectivity index (χ2n) is 4.25. The van der Waals surface area contributed by atoms with Gasteiger partial charge in [-0.2, -0.15) is 0 Å². The van der Waals surface area contributed by atoms with Gasteiger partial charge in [0.15, 0.2) is 0 Å². The molecule has 0 aliphatic heterocycles. The van der Waals surface area contributed by atoms with Crippen LogP contribution in [0.25, 0.3) is 0 Å². The highest BCUT2D eigenvalue weighted by Crippen LogP contribution is 2.29. The molecule has 0 aliphatic carbocycles. The number of nitrogens with two attached hydrogens (primary N) is 1. The van der Waals surface area contributed by atoms with Crippen LogP contribution >= 0.6 is 15.9 Å². The number of para-hydroxylation sites is 1. The molecule has 0 heterocycles. The fraction of sp³-hybridized carbons (Fsp3) is 0.467. The van der Waals surface area contributed by atoms with Gasteiger partial charge in [0.2, 0.25) is 0 Å². The fourth-order valence-corrected chi connectivity index (χ4v) is 2.33. The van der Waals surface area contributed by atoms with E-state index in [2.05, 4.69) is 28.6 Å². The second kappa shape index (κ2) is 9.17. The van der Waals surface area contributed by atoms with Gasteiger partial charge >= 0.3 is 0 Å². The minimum atomic E-state index is 0.645. The van der Waals surface area contributed by atoms with Crippen molar-refractivity contribution in [2.24, 2.45) is 5.73 Å². The molecule has 1 rings (SSSR count). The summed E-state index contributed by atoms with van der Waals surface area (Å²) < 4.78 is 6.89. The SMILES string of the molecule is C=CCCCCCOc1c(Br)cccc1CCN. The predicted molar refractivity (Wildman–Crippen MR) is 81.1 cm³/mol. The fourth-order valence-electron chi connectivity index (χ4n) is 1.81. The summed E-state index contributed by atoms with van der Waals surface area (Å²) in [7, 11) is 0. The van der Waals surface area contributed by atoms with Crippen molar-refractivity contribution in [1.82, 2.24) is 0 Å². The number of hydrogen-bond donors (Lipinski definition) is 1. The Morgan fingerprint density at radius 2 is 2.11 bits per heavy atom. The van der Waals surface area contributed by atoms with Crippen LogP contribution in [0.1, 0.15) is 31.2 Å². The molecule has 0 amide bonds. The van der Waals surface area contributed by atoms with Gasteiger partial charge in [-0.25, -0.2) is 0 Å². The lowest BCUT2D eigenvalue weighted by molar-refractivity contribution is 0.300. The van der Waals surface area contributed by atoms with Crippen LogP contribution in [0.5, 0.6) is 5.75 Å². The van der Waals surface area contributed by atoms with E-state index in [-0.39, 0.29) is 0 Å². The van der Waals surface area contributed by atoms with Gasteiger partial charge in [0.1, 0.15) is 5.75 Å². The zero-order valence-electron chi connectivity index (χ0n) is 10.8. The van der Waals surface area contributed by atoms with Crippen LogP contribution in [-0.4, -0.2) is 13.2 Å². The van der Waals surface area contributed by atoms with E-state index in [1.807, 2.05) is 18.2 Å². The molecule has 1 aromatic carbocycles. The number of hydrogen-bond acceptors (Lipinski definition) is 2. The molecular formula is C15H22BrNO. The monoisotopic (exact) mass is 311 g/mol. The van der Waals surface area contributed by atoms with Crippen LogP contribution < -0.4 is 10.5 Å². The molecule has 3 heteroatoms. The molecule has 2 N–H and O–H groups in total. The highest BCUT2D eigenvalue weighted by molar-refractivity contribution is 9.10. The third-order valence-corrected chi connectivity index (χ3v) is 3.39. The van der Waals surface area contributed by atoms with E-state index >= 15 is 0 Å². The Morgan fingerprint density at radius 3 is 2.83 bits per heavy atom. The van der Waals surface area contributed by atoms with E-state index in [0.29, 0.717) is 6.54 Å². The highest BCUT2D eigenvalue weighted by atomic mass is 79.9. The lowest BCUT2D eigenvalue weighted by Gasteiger charge is -2.12. The molecule has 0 unspecified atom stereocenters. The molecule has 2 nitrogen and oxygen atoms in total. The molecule has 0 aromatic heterocycles. The molecule has 0 spiro atoms. The van der Waals surface area contributed by atoms with Crippen molar-refractivity contribution < 1.29 is 4.74 Å². The van der Waals surface area contributed by atoms with Crippen molar-refractivity contribution in [2.45, 2.75) is 32.1 Å². The van der Waals surface area contributed by atoms with Gasteiger partial charge in [0.25, 0.3) is 0 Å². The standard InChI is InChI=1S/C15H22BrNO/c1-2-3-4-5-6-12-18-15-13(10-11-17)8-7-9-14(15)16/h2,7-9H,1,3-6,10-12,17H2. The van der Waals surface area contributed by atoms with Crippen molar-refractivity contribution in [3.8, 4) is 5.75 Å². The maximum absolute atomic E-state index is 5.87. The molecule has 18 heavy (non-hydrogen) atoms. The Labute approximate surface area is 118 Å². The summed E-state index contributed by atoms with van der Waals surface area (Å²) >= 11 is 3.53. The number of allylic oxidation sites excluding steroid dienone is 1. The van der Waals surface area contributed by atoms with E-state index in [9.17, 15) is 0 Å². The molecule has 0 radical (unpaired) electrons. The zero-order valence-corrected chi connectivity index (χ0v) is 12.4. The first-order chi connectivity index (χ1) is 8.79. The summed E-state index contributed by atoms with van der Waals surface area (Å²) in [5.74, 6) is 0.951. The van der Waals surface area contributed by atoms with Gasteiger partial charge in [0.05, 0.1) is 11.1 Å². The summed E-state index contributed by atoms with van der Waals surface area (Å²) in [6.45, 7) is 5.13. The summed E-state index contributed by atoms with van der Waals surface area (Å²) in [6, 6.07) is 6.10. The van der Waals surface area contributed by atoms with Gasteiger partial charge in [0, 0.05) is 0 Å². The minimum Gasteiger partial charge on any atom is -0.492 e. The number of benzene rings is 1. The van der Waals surface area contributed by atoms with Crippen molar-refractivity contribution in [1.29, 1.82) is 0 Å². The first-order valence-corrected chi connectivity index (χ1v) is 7.30. The van der Waals surface area contributed by atoms with Crippen LogP contribution in [0.3, 0.4) is 0 Å².